The standard InChI is InChI=1S/C12H15NO3/c1-3-9(7-14)16-10-4-5-11-12(6-10)15-8(2)13-11/h4-6,9,14H,3,7H2,1-2H3. The number of ether oxygens (including phenoxy) is 1. The molecule has 4 heteroatoms. The molecule has 0 amide bonds. The normalized spacial score (nSPS) is 12.9. The first-order valence-electron chi connectivity index (χ1n) is 5.37. The van der Waals surface area contributed by atoms with Gasteiger partial charge in [0, 0.05) is 13.0 Å². The second-order valence-corrected chi connectivity index (χ2v) is 3.69. The van der Waals surface area contributed by atoms with E-state index < -0.39 is 0 Å². The minimum Gasteiger partial charge on any atom is -0.488 e. The monoisotopic (exact) mass is 221 g/mol. The van der Waals surface area contributed by atoms with Gasteiger partial charge in [0.2, 0.25) is 0 Å². The number of nitrogens with zero attached hydrogens (tertiary/aromatic N) is 1. The number of aromatic nitrogens is 1. The number of aliphatic hydroxyl groups is 1. The predicted octanol–water partition coefficient (Wildman–Crippen LogP) is 2.29. The summed E-state index contributed by atoms with van der Waals surface area (Å²) in [6.45, 7) is 3.80. The van der Waals surface area contributed by atoms with Crippen LogP contribution in [0.5, 0.6) is 5.75 Å². The van der Waals surface area contributed by atoms with Crippen molar-refractivity contribution < 1.29 is 14.3 Å². The van der Waals surface area contributed by atoms with Crippen molar-refractivity contribution in [1.29, 1.82) is 0 Å². The Bertz CT molecular complexity index is 474. The predicted molar refractivity (Wildman–Crippen MR) is 60.5 cm³/mol. The van der Waals surface area contributed by atoms with Crippen LogP contribution in [0.4, 0.5) is 0 Å². The molecule has 2 rings (SSSR count). The van der Waals surface area contributed by atoms with Crippen LogP contribution in [0.3, 0.4) is 0 Å². The first kappa shape index (κ1) is 11.0. The van der Waals surface area contributed by atoms with E-state index >= 15 is 0 Å². The molecule has 0 radical (unpaired) electrons. The Balaban J connectivity index is 2.24. The van der Waals surface area contributed by atoms with E-state index in [2.05, 4.69) is 4.98 Å². The zero-order chi connectivity index (χ0) is 11.5. The Morgan fingerprint density at radius 2 is 2.31 bits per heavy atom. The molecular formula is C12H15NO3. The fraction of sp³-hybridized carbons (Fsp3) is 0.417. The van der Waals surface area contributed by atoms with Crippen molar-refractivity contribution in [3.05, 3.63) is 24.1 Å². The summed E-state index contributed by atoms with van der Waals surface area (Å²) in [6.07, 6.45) is 0.603. The lowest BCUT2D eigenvalue weighted by Gasteiger charge is -2.14. The molecular weight excluding hydrogens is 206 g/mol. The number of aryl methyl sites for hydroxylation is 1. The van der Waals surface area contributed by atoms with Crippen molar-refractivity contribution >= 4 is 11.1 Å². The molecule has 0 saturated heterocycles. The van der Waals surface area contributed by atoms with Gasteiger partial charge in [0.25, 0.3) is 0 Å². The zero-order valence-electron chi connectivity index (χ0n) is 9.43. The summed E-state index contributed by atoms with van der Waals surface area (Å²) in [7, 11) is 0. The van der Waals surface area contributed by atoms with Crippen LogP contribution in [-0.4, -0.2) is 22.8 Å². The Labute approximate surface area is 93.9 Å². The molecule has 4 nitrogen and oxygen atoms in total. The third-order valence-electron chi connectivity index (χ3n) is 2.43. The van der Waals surface area contributed by atoms with Gasteiger partial charge in [-0.1, -0.05) is 6.92 Å². The number of oxazole rings is 1. The SMILES string of the molecule is CCC(CO)Oc1ccc2nc(C)oc2c1. The molecule has 0 spiro atoms. The minimum atomic E-state index is -0.165. The average Bonchev–Trinajstić information content (AvgIpc) is 2.65. The van der Waals surface area contributed by atoms with Crippen molar-refractivity contribution in [2.24, 2.45) is 0 Å². The fourth-order valence-corrected chi connectivity index (χ4v) is 1.54. The number of hydrogen-bond donors (Lipinski definition) is 1. The second kappa shape index (κ2) is 4.53. The molecule has 1 atom stereocenters. The van der Waals surface area contributed by atoms with Crippen LogP contribution >= 0.6 is 0 Å². The second-order valence-electron chi connectivity index (χ2n) is 3.69. The molecule has 1 heterocycles. The van der Waals surface area contributed by atoms with Gasteiger partial charge < -0.3 is 14.3 Å². The van der Waals surface area contributed by atoms with Crippen LogP contribution in [0.15, 0.2) is 22.6 Å². The van der Waals surface area contributed by atoms with E-state index in [-0.39, 0.29) is 12.7 Å². The Kier molecular flexibility index (Phi) is 3.10. The van der Waals surface area contributed by atoms with Crippen molar-refractivity contribution in [1.82, 2.24) is 4.98 Å². The lowest BCUT2D eigenvalue weighted by atomic mass is 10.2. The molecule has 0 bridgehead atoms. The third kappa shape index (κ3) is 2.17. The molecule has 0 aliphatic carbocycles. The summed E-state index contributed by atoms with van der Waals surface area (Å²) < 4.78 is 11.0. The van der Waals surface area contributed by atoms with E-state index in [1.807, 2.05) is 26.0 Å². The van der Waals surface area contributed by atoms with Gasteiger partial charge >= 0.3 is 0 Å². The van der Waals surface area contributed by atoms with Crippen LogP contribution in [0.25, 0.3) is 11.1 Å². The molecule has 1 aromatic carbocycles. The first-order valence-corrected chi connectivity index (χ1v) is 5.37. The molecule has 0 aliphatic heterocycles. The summed E-state index contributed by atoms with van der Waals surface area (Å²) in [4.78, 5) is 4.20. The van der Waals surface area contributed by atoms with E-state index in [1.54, 1.807) is 6.07 Å². The maximum atomic E-state index is 9.04. The van der Waals surface area contributed by atoms with E-state index in [0.29, 0.717) is 17.2 Å². The summed E-state index contributed by atoms with van der Waals surface area (Å²) in [6, 6.07) is 5.49. The Morgan fingerprint density at radius 1 is 1.50 bits per heavy atom. The van der Waals surface area contributed by atoms with Crippen LogP contribution < -0.4 is 4.74 Å². The van der Waals surface area contributed by atoms with Gasteiger partial charge in [-0.25, -0.2) is 4.98 Å². The molecule has 2 aromatic rings. The Morgan fingerprint density at radius 3 is 3.00 bits per heavy atom. The topological polar surface area (TPSA) is 55.5 Å². The largest absolute Gasteiger partial charge is 0.488 e. The highest BCUT2D eigenvalue weighted by Gasteiger charge is 2.08. The van der Waals surface area contributed by atoms with Crippen LogP contribution in [0, 0.1) is 6.92 Å². The van der Waals surface area contributed by atoms with Crippen LogP contribution in [0.1, 0.15) is 19.2 Å². The van der Waals surface area contributed by atoms with Gasteiger partial charge in [0.05, 0.1) is 6.61 Å². The maximum absolute atomic E-state index is 9.04. The van der Waals surface area contributed by atoms with Crippen molar-refractivity contribution in [3.63, 3.8) is 0 Å². The van der Waals surface area contributed by atoms with Crippen molar-refractivity contribution in [2.75, 3.05) is 6.61 Å². The van der Waals surface area contributed by atoms with Gasteiger partial charge in [-0.15, -0.1) is 0 Å². The molecule has 86 valence electrons. The summed E-state index contributed by atoms with van der Waals surface area (Å²) in [5, 5.41) is 9.04. The lowest BCUT2D eigenvalue weighted by molar-refractivity contribution is 0.112. The Hall–Kier alpha value is -1.55. The highest BCUT2D eigenvalue weighted by Crippen LogP contribution is 2.22. The van der Waals surface area contributed by atoms with E-state index in [4.69, 9.17) is 14.3 Å². The van der Waals surface area contributed by atoms with Crippen LogP contribution in [0.2, 0.25) is 0 Å². The van der Waals surface area contributed by atoms with Gasteiger partial charge in [-0.3, -0.25) is 0 Å². The molecule has 1 unspecified atom stereocenters. The molecule has 1 aromatic heterocycles. The van der Waals surface area contributed by atoms with E-state index in [9.17, 15) is 0 Å². The smallest absolute Gasteiger partial charge is 0.192 e. The highest BCUT2D eigenvalue weighted by molar-refractivity contribution is 5.74. The summed E-state index contributed by atoms with van der Waals surface area (Å²) in [5.41, 5.74) is 1.53. The van der Waals surface area contributed by atoms with Gasteiger partial charge in [0.15, 0.2) is 11.5 Å². The van der Waals surface area contributed by atoms with E-state index in [0.717, 1.165) is 11.9 Å². The van der Waals surface area contributed by atoms with Crippen molar-refractivity contribution in [3.8, 4) is 5.75 Å². The molecule has 0 saturated carbocycles. The van der Waals surface area contributed by atoms with Crippen molar-refractivity contribution in [2.45, 2.75) is 26.4 Å². The highest BCUT2D eigenvalue weighted by atomic mass is 16.5. The number of benzene rings is 1. The molecule has 16 heavy (non-hydrogen) atoms. The fourth-order valence-electron chi connectivity index (χ4n) is 1.54. The third-order valence-corrected chi connectivity index (χ3v) is 2.43. The summed E-state index contributed by atoms with van der Waals surface area (Å²) >= 11 is 0. The first-order chi connectivity index (χ1) is 7.72. The molecule has 0 fully saturated rings. The van der Waals surface area contributed by atoms with Gasteiger partial charge in [-0.05, 0) is 18.6 Å². The molecule has 1 N–H and O–H groups in total. The maximum Gasteiger partial charge on any atom is 0.192 e. The quantitative estimate of drug-likeness (QED) is 0.860. The summed E-state index contributed by atoms with van der Waals surface area (Å²) in [5.74, 6) is 1.34. The molecule has 0 aliphatic rings. The lowest BCUT2D eigenvalue weighted by Crippen LogP contribution is -2.19. The zero-order valence-corrected chi connectivity index (χ0v) is 9.43. The number of fused-ring (bicyclic) bond motifs is 1. The van der Waals surface area contributed by atoms with Gasteiger partial charge in [0.1, 0.15) is 17.4 Å². The van der Waals surface area contributed by atoms with Gasteiger partial charge in [-0.2, -0.15) is 0 Å². The van der Waals surface area contributed by atoms with E-state index in [1.165, 1.54) is 0 Å². The number of aliphatic hydroxyl groups excluding tert-OH is 1. The average molecular weight is 221 g/mol. The number of rotatable bonds is 4. The minimum absolute atomic E-state index is 0.0178. The van der Waals surface area contributed by atoms with Crippen LogP contribution in [-0.2, 0) is 0 Å². The number of hydrogen-bond acceptors (Lipinski definition) is 4.